The van der Waals surface area contributed by atoms with Crippen molar-refractivity contribution in [2.45, 2.75) is 45.7 Å². The fraction of sp³-hybridized carbons (Fsp3) is 0.500. The molecule has 0 spiro atoms. The van der Waals surface area contributed by atoms with Crippen LogP contribution >= 0.6 is 0 Å². The summed E-state index contributed by atoms with van der Waals surface area (Å²) < 4.78 is 4.98. The molecule has 2 unspecified atom stereocenters. The number of hydrogen-bond acceptors (Lipinski definition) is 6. The van der Waals surface area contributed by atoms with Crippen molar-refractivity contribution in [1.29, 1.82) is 0 Å². The van der Waals surface area contributed by atoms with E-state index in [4.69, 9.17) is 10.3 Å². The SMILES string of the molecule is Cc1nc(-c2ccc(C(=O)NC(C)C3CCN(C(=O)C(C)N)CC3)cc2)no1. The molecule has 2 amide bonds. The first kappa shape index (κ1) is 20.0. The Bertz CT molecular complexity index is 823. The number of carbonyl (C=O) groups excluding carboxylic acids is 2. The average Bonchev–Trinajstić information content (AvgIpc) is 3.13. The largest absolute Gasteiger partial charge is 0.349 e. The molecule has 2 aromatic rings. The molecule has 3 N–H and O–H groups in total. The Hall–Kier alpha value is -2.74. The summed E-state index contributed by atoms with van der Waals surface area (Å²) in [7, 11) is 0. The molecule has 1 saturated heterocycles. The predicted molar refractivity (Wildman–Crippen MR) is 104 cm³/mol. The van der Waals surface area contributed by atoms with Crippen LogP contribution < -0.4 is 11.1 Å². The van der Waals surface area contributed by atoms with Gasteiger partial charge in [-0.1, -0.05) is 17.3 Å². The van der Waals surface area contributed by atoms with Crippen LogP contribution in [0.1, 0.15) is 42.9 Å². The minimum atomic E-state index is -0.465. The summed E-state index contributed by atoms with van der Waals surface area (Å²) in [5.41, 5.74) is 7.06. The van der Waals surface area contributed by atoms with Gasteiger partial charge in [-0.25, -0.2) is 0 Å². The van der Waals surface area contributed by atoms with E-state index in [1.807, 2.05) is 24.0 Å². The number of aryl methyl sites for hydroxylation is 1. The third kappa shape index (κ3) is 4.56. The van der Waals surface area contributed by atoms with Gasteiger partial charge in [-0.15, -0.1) is 0 Å². The van der Waals surface area contributed by atoms with Crippen molar-refractivity contribution >= 4 is 11.8 Å². The number of nitrogens with zero attached hydrogens (tertiary/aromatic N) is 3. The molecule has 0 radical (unpaired) electrons. The van der Waals surface area contributed by atoms with Crippen LogP contribution in [0.2, 0.25) is 0 Å². The maximum absolute atomic E-state index is 12.6. The molecule has 1 aromatic carbocycles. The van der Waals surface area contributed by atoms with E-state index in [0.29, 0.717) is 36.3 Å². The number of amides is 2. The van der Waals surface area contributed by atoms with E-state index in [0.717, 1.165) is 18.4 Å². The molecule has 1 fully saturated rings. The van der Waals surface area contributed by atoms with E-state index in [-0.39, 0.29) is 17.9 Å². The van der Waals surface area contributed by atoms with Gasteiger partial charge in [-0.3, -0.25) is 9.59 Å². The standard InChI is InChI=1S/C20H27N5O3/c1-12(21)20(27)25-10-8-15(9-11-25)13(2)22-19(26)17-6-4-16(5-7-17)18-23-14(3)28-24-18/h4-7,12-13,15H,8-11,21H2,1-3H3,(H,22,26). The highest BCUT2D eigenvalue weighted by molar-refractivity contribution is 5.94. The van der Waals surface area contributed by atoms with Gasteiger partial charge in [0.05, 0.1) is 6.04 Å². The highest BCUT2D eigenvalue weighted by Crippen LogP contribution is 2.22. The summed E-state index contributed by atoms with van der Waals surface area (Å²) in [4.78, 5) is 30.5. The third-order valence-corrected chi connectivity index (χ3v) is 5.24. The van der Waals surface area contributed by atoms with Gasteiger partial charge < -0.3 is 20.5 Å². The second-order valence-corrected chi connectivity index (χ2v) is 7.43. The van der Waals surface area contributed by atoms with Crippen LogP contribution in [0.25, 0.3) is 11.4 Å². The van der Waals surface area contributed by atoms with Gasteiger partial charge in [0.2, 0.25) is 17.6 Å². The quantitative estimate of drug-likeness (QED) is 0.810. The lowest BCUT2D eigenvalue weighted by Crippen LogP contribution is -2.49. The lowest BCUT2D eigenvalue weighted by Gasteiger charge is -2.35. The first-order valence-electron chi connectivity index (χ1n) is 9.61. The van der Waals surface area contributed by atoms with Crippen molar-refractivity contribution in [3.05, 3.63) is 35.7 Å². The maximum Gasteiger partial charge on any atom is 0.251 e. The number of rotatable bonds is 5. The Labute approximate surface area is 164 Å². The van der Waals surface area contributed by atoms with E-state index in [2.05, 4.69) is 15.5 Å². The monoisotopic (exact) mass is 385 g/mol. The highest BCUT2D eigenvalue weighted by atomic mass is 16.5. The summed E-state index contributed by atoms with van der Waals surface area (Å²) in [5.74, 6) is 1.22. The fourth-order valence-corrected chi connectivity index (χ4v) is 3.50. The van der Waals surface area contributed by atoms with Gasteiger partial charge in [-0.05, 0) is 44.7 Å². The van der Waals surface area contributed by atoms with Crippen molar-refractivity contribution in [2.24, 2.45) is 11.7 Å². The zero-order valence-electron chi connectivity index (χ0n) is 16.5. The fourth-order valence-electron chi connectivity index (χ4n) is 3.50. The van der Waals surface area contributed by atoms with E-state index in [1.165, 1.54) is 0 Å². The van der Waals surface area contributed by atoms with Crippen molar-refractivity contribution in [2.75, 3.05) is 13.1 Å². The second-order valence-electron chi connectivity index (χ2n) is 7.43. The van der Waals surface area contributed by atoms with Crippen LogP contribution in [0, 0.1) is 12.8 Å². The third-order valence-electron chi connectivity index (χ3n) is 5.24. The van der Waals surface area contributed by atoms with Crippen LogP contribution in [0.4, 0.5) is 0 Å². The number of benzene rings is 1. The summed E-state index contributed by atoms with van der Waals surface area (Å²) in [6.07, 6.45) is 1.71. The van der Waals surface area contributed by atoms with E-state index >= 15 is 0 Å². The molecule has 2 atom stereocenters. The van der Waals surface area contributed by atoms with Crippen LogP contribution in [0.3, 0.4) is 0 Å². The van der Waals surface area contributed by atoms with E-state index < -0.39 is 6.04 Å². The summed E-state index contributed by atoms with van der Waals surface area (Å²) >= 11 is 0. The first-order chi connectivity index (χ1) is 13.3. The maximum atomic E-state index is 12.6. The van der Waals surface area contributed by atoms with Crippen molar-refractivity contribution < 1.29 is 14.1 Å². The number of likely N-dealkylation sites (tertiary alicyclic amines) is 1. The van der Waals surface area contributed by atoms with Gasteiger partial charge in [-0.2, -0.15) is 4.98 Å². The number of hydrogen-bond donors (Lipinski definition) is 2. The van der Waals surface area contributed by atoms with Crippen molar-refractivity contribution in [3.63, 3.8) is 0 Å². The molecule has 1 aliphatic heterocycles. The van der Waals surface area contributed by atoms with Gasteiger partial charge >= 0.3 is 0 Å². The van der Waals surface area contributed by atoms with Gasteiger partial charge in [0.25, 0.3) is 5.91 Å². The molecular formula is C20H27N5O3. The predicted octanol–water partition coefficient (Wildman–Crippen LogP) is 1.75. The van der Waals surface area contributed by atoms with Gasteiger partial charge in [0.15, 0.2) is 0 Å². The number of nitrogens with two attached hydrogens (primary N) is 1. The Kier molecular flexibility index (Phi) is 6.08. The summed E-state index contributed by atoms with van der Waals surface area (Å²) in [6.45, 7) is 6.83. The number of nitrogens with one attached hydrogen (secondary N) is 1. The topological polar surface area (TPSA) is 114 Å². The van der Waals surface area contributed by atoms with Crippen LogP contribution in [-0.4, -0.2) is 52.0 Å². The molecular weight excluding hydrogens is 358 g/mol. The van der Waals surface area contributed by atoms with Crippen LogP contribution in [0.5, 0.6) is 0 Å². The van der Waals surface area contributed by atoms with Gasteiger partial charge in [0.1, 0.15) is 0 Å². The molecule has 8 heteroatoms. The zero-order valence-corrected chi connectivity index (χ0v) is 16.5. The van der Waals surface area contributed by atoms with Crippen LogP contribution in [-0.2, 0) is 4.79 Å². The van der Waals surface area contributed by atoms with Crippen molar-refractivity contribution in [1.82, 2.24) is 20.4 Å². The molecule has 2 heterocycles. The number of carbonyl (C=O) groups is 2. The number of aromatic nitrogens is 2. The number of piperidine rings is 1. The molecule has 1 aliphatic rings. The molecule has 1 aromatic heterocycles. The van der Waals surface area contributed by atoms with Gasteiger partial charge in [0, 0.05) is 37.2 Å². The second kappa shape index (κ2) is 8.52. The molecule has 3 rings (SSSR count). The smallest absolute Gasteiger partial charge is 0.251 e. The minimum absolute atomic E-state index is 0.00739. The Morgan fingerprint density at radius 2 is 1.86 bits per heavy atom. The Morgan fingerprint density at radius 1 is 1.21 bits per heavy atom. The summed E-state index contributed by atoms with van der Waals surface area (Å²) in [5, 5.41) is 6.96. The summed E-state index contributed by atoms with van der Waals surface area (Å²) in [6, 6.07) is 6.69. The molecule has 0 aliphatic carbocycles. The van der Waals surface area contributed by atoms with E-state index in [1.54, 1.807) is 26.0 Å². The lowest BCUT2D eigenvalue weighted by molar-refractivity contribution is -0.133. The molecule has 150 valence electrons. The lowest BCUT2D eigenvalue weighted by atomic mass is 9.90. The average molecular weight is 385 g/mol. The Morgan fingerprint density at radius 3 is 2.39 bits per heavy atom. The minimum Gasteiger partial charge on any atom is -0.349 e. The normalized spacial score (nSPS) is 17.2. The Balaban J connectivity index is 1.54. The molecule has 28 heavy (non-hydrogen) atoms. The highest BCUT2D eigenvalue weighted by Gasteiger charge is 2.28. The van der Waals surface area contributed by atoms with Crippen LogP contribution in [0.15, 0.2) is 28.8 Å². The molecule has 0 bridgehead atoms. The van der Waals surface area contributed by atoms with Crippen molar-refractivity contribution in [3.8, 4) is 11.4 Å². The molecule has 8 nitrogen and oxygen atoms in total. The first-order valence-corrected chi connectivity index (χ1v) is 9.61. The molecule has 0 saturated carbocycles. The van der Waals surface area contributed by atoms with E-state index in [9.17, 15) is 9.59 Å². The zero-order chi connectivity index (χ0) is 20.3.